The minimum absolute atomic E-state index is 0.0605. The molecule has 2 aromatic carbocycles. The van der Waals surface area contributed by atoms with Crippen molar-refractivity contribution in [3.05, 3.63) is 83.9 Å². The fraction of sp³-hybridized carbons (Fsp3) is 0.200. The Labute approximate surface area is 190 Å². The molecule has 0 aliphatic rings. The number of nitrogens with zero attached hydrogens (tertiary/aromatic N) is 2. The molecule has 0 aliphatic heterocycles. The molecular weight excluding hydrogens is 425 g/mol. The van der Waals surface area contributed by atoms with Crippen LogP contribution in [0.3, 0.4) is 0 Å². The molecule has 2 aromatic heterocycles. The Hall–Kier alpha value is -4.07. The third-order valence-corrected chi connectivity index (χ3v) is 5.27. The van der Waals surface area contributed by atoms with Gasteiger partial charge in [-0.25, -0.2) is 9.18 Å². The molecule has 1 N–H and O–H groups in total. The van der Waals surface area contributed by atoms with Crippen molar-refractivity contribution < 1.29 is 23.5 Å². The Kier molecular flexibility index (Phi) is 6.44. The molecule has 0 atom stereocenters. The standard InChI is InChI=1S/C25H24FN3O4/c1-3-33-25(31)23-14-22-21(11-12-28(22)19-9-7-18(26)8-10-19)29(23)16-24(30)27-15-17-5-4-6-20(13-17)32-2/h4-14H,3,15-16H2,1-2H3,(H,27,30). The number of halogens is 1. The number of amides is 1. The normalized spacial score (nSPS) is 10.9. The Balaban J connectivity index is 1.62. The van der Waals surface area contributed by atoms with Crippen molar-refractivity contribution in [2.24, 2.45) is 0 Å². The van der Waals surface area contributed by atoms with Crippen molar-refractivity contribution in [3.8, 4) is 11.4 Å². The van der Waals surface area contributed by atoms with Gasteiger partial charge in [0.1, 0.15) is 23.8 Å². The molecule has 1 amide bonds. The summed E-state index contributed by atoms with van der Waals surface area (Å²) in [6.07, 6.45) is 1.82. The second kappa shape index (κ2) is 9.60. The van der Waals surface area contributed by atoms with Crippen molar-refractivity contribution in [2.75, 3.05) is 13.7 Å². The predicted molar refractivity (Wildman–Crippen MR) is 122 cm³/mol. The number of carbonyl (C=O) groups excluding carboxylic acids is 2. The average molecular weight is 449 g/mol. The van der Waals surface area contributed by atoms with Gasteiger partial charge in [-0.15, -0.1) is 0 Å². The SMILES string of the molecule is CCOC(=O)c1cc2c(ccn2-c2ccc(F)cc2)n1CC(=O)NCc1cccc(OC)c1. The first-order valence-corrected chi connectivity index (χ1v) is 10.5. The smallest absolute Gasteiger partial charge is 0.355 e. The summed E-state index contributed by atoms with van der Waals surface area (Å²) in [5, 5.41) is 2.88. The van der Waals surface area contributed by atoms with Crippen molar-refractivity contribution >= 4 is 22.9 Å². The van der Waals surface area contributed by atoms with Gasteiger partial charge in [0, 0.05) is 18.4 Å². The summed E-state index contributed by atoms with van der Waals surface area (Å²) in [5.41, 5.74) is 3.31. The molecule has 4 rings (SSSR count). The average Bonchev–Trinajstić information content (AvgIpc) is 3.39. The maximum Gasteiger partial charge on any atom is 0.355 e. The summed E-state index contributed by atoms with van der Waals surface area (Å²) >= 11 is 0. The minimum atomic E-state index is -0.514. The van der Waals surface area contributed by atoms with Gasteiger partial charge in [0.15, 0.2) is 0 Å². The van der Waals surface area contributed by atoms with Crippen LogP contribution in [-0.2, 0) is 22.6 Å². The summed E-state index contributed by atoms with van der Waals surface area (Å²) in [4.78, 5) is 25.4. The number of hydrogen-bond acceptors (Lipinski definition) is 4. The Morgan fingerprint density at radius 2 is 1.82 bits per heavy atom. The van der Waals surface area contributed by atoms with Gasteiger partial charge >= 0.3 is 5.97 Å². The van der Waals surface area contributed by atoms with Crippen molar-refractivity contribution in [2.45, 2.75) is 20.0 Å². The third-order valence-electron chi connectivity index (χ3n) is 5.27. The molecule has 170 valence electrons. The van der Waals surface area contributed by atoms with Gasteiger partial charge < -0.3 is 23.9 Å². The summed E-state index contributed by atoms with van der Waals surface area (Å²) in [5.74, 6) is -0.393. The molecule has 8 heteroatoms. The molecule has 0 saturated heterocycles. The van der Waals surface area contributed by atoms with E-state index < -0.39 is 5.97 Å². The highest BCUT2D eigenvalue weighted by Crippen LogP contribution is 2.25. The maximum atomic E-state index is 13.4. The van der Waals surface area contributed by atoms with Crippen LogP contribution in [0.25, 0.3) is 16.7 Å². The summed E-state index contributed by atoms with van der Waals surface area (Å²) in [7, 11) is 1.59. The lowest BCUT2D eigenvalue weighted by atomic mass is 10.2. The lowest BCUT2D eigenvalue weighted by molar-refractivity contribution is -0.121. The molecule has 2 heterocycles. The van der Waals surface area contributed by atoms with Crippen LogP contribution in [0.1, 0.15) is 23.0 Å². The number of benzene rings is 2. The van der Waals surface area contributed by atoms with E-state index in [0.29, 0.717) is 23.3 Å². The van der Waals surface area contributed by atoms with Crippen LogP contribution in [0, 0.1) is 5.82 Å². The number of esters is 1. The highest BCUT2D eigenvalue weighted by molar-refractivity contribution is 5.96. The van der Waals surface area contributed by atoms with Gasteiger partial charge in [0.2, 0.25) is 5.91 Å². The molecule has 33 heavy (non-hydrogen) atoms. The first kappa shape index (κ1) is 22.1. The van der Waals surface area contributed by atoms with E-state index in [1.165, 1.54) is 12.1 Å². The largest absolute Gasteiger partial charge is 0.497 e. The van der Waals surface area contributed by atoms with E-state index in [9.17, 15) is 14.0 Å². The van der Waals surface area contributed by atoms with Gasteiger partial charge in [-0.2, -0.15) is 0 Å². The van der Waals surface area contributed by atoms with E-state index in [-0.39, 0.29) is 30.6 Å². The van der Waals surface area contributed by atoms with Gasteiger partial charge in [0.25, 0.3) is 0 Å². The van der Waals surface area contributed by atoms with Gasteiger partial charge in [-0.05, 0) is 61.0 Å². The minimum Gasteiger partial charge on any atom is -0.497 e. The van der Waals surface area contributed by atoms with E-state index >= 15 is 0 Å². The first-order valence-electron chi connectivity index (χ1n) is 10.5. The van der Waals surface area contributed by atoms with E-state index in [1.807, 2.05) is 41.1 Å². The van der Waals surface area contributed by atoms with Crippen LogP contribution in [0.4, 0.5) is 4.39 Å². The lowest BCUT2D eigenvalue weighted by Crippen LogP contribution is -2.28. The number of methoxy groups -OCH3 is 1. The highest BCUT2D eigenvalue weighted by atomic mass is 19.1. The number of rotatable bonds is 8. The molecule has 0 spiro atoms. The van der Waals surface area contributed by atoms with E-state index in [0.717, 1.165) is 11.3 Å². The second-order valence-electron chi connectivity index (χ2n) is 7.40. The summed E-state index contributed by atoms with van der Waals surface area (Å²) in [6.45, 7) is 2.21. The van der Waals surface area contributed by atoms with Gasteiger partial charge in [-0.1, -0.05) is 12.1 Å². The highest BCUT2D eigenvalue weighted by Gasteiger charge is 2.21. The summed E-state index contributed by atoms with van der Waals surface area (Å²) < 4.78 is 27.2. The molecular formula is C25H24FN3O4. The van der Waals surface area contributed by atoms with Gasteiger partial charge in [-0.3, -0.25) is 4.79 Å². The molecule has 7 nitrogen and oxygen atoms in total. The zero-order chi connectivity index (χ0) is 23.4. The Bertz CT molecular complexity index is 1290. The molecule has 0 bridgehead atoms. The van der Waals surface area contributed by atoms with Crippen LogP contribution in [0.5, 0.6) is 5.75 Å². The fourth-order valence-corrected chi connectivity index (χ4v) is 3.70. The number of hydrogen-bond donors (Lipinski definition) is 1. The zero-order valence-electron chi connectivity index (χ0n) is 18.4. The monoisotopic (exact) mass is 449 g/mol. The van der Waals surface area contributed by atoms with E-state index in [4.69, 9.17) is 9.47 Å². The first-order chi connectivity index (χ1) is 16.0. The molecule has 0 unspecified atom stereocenters. The van der Waals surface area contributed by atoms with Crippen LogP contribution >= 0.6 is 0 Å². The Morgan fingerprint density at radius 3 is 2.55 bits per heavy atom. The maximum absolute atomic E-state index is 13.4. The lowest BCUT2D eigenvalue weighted by Gasteiger charge is -2.11. The number of aromatic nitrogens is 2. The predicted octanol–water partition coefficient (Wildman–Crippen LogP) is 4.07. The zero-order valence-corrected chi connectivity index (χ0v) is 18.4. The number of nitrogens with one attached hydrogen (secondary N) is 1. The topological polar surface area (TPSA) is 74.5 Å². The molecule has 4 aromatic rings. The van der Waals surface area contributed by atoms with Crippen LogP contribution in [-0.4, -0.2) is 34.7 Å². The van der Waals surface area contributed by atoms with E-state index in [2.05, 4.69) is 5.32 Å². The number of carbonyl (C=O) groups is 2. The fourth-order valence-electron chi connectivity index (χ4n) is 3.70. The molecule has 0 radical (unpaired) electrons. The quantitative estimate of drug-likeness (QED) is 0.412. The van der Waals surface area contributed by atoms with Gasteiger partial charge in [0.05, 0.1) is 24.8 Å². The van der Waals surface area contributed by atoms with Crippen LogP contribution < -0.4 is 10.1 Å². The van der Waals surface area contributed by atoms with Crippen molar-refractivity contribution in [1.29, 1.82) is 0 Å². The number of fused-ring (bicyclic) bond motifs is 1. The van der Waals surface area contributed by atoms with Crippen LogP contribution in [0.2, 0.25) is 0 Å². The van der Waals surface area contributed by atoms with Crippen LogP contribution in [0.15, 0.2) is 66.9 Å². The van der Waals surface area contributed by atoms with E-state index in [1.54, 1.807) is 36.8 Å². The van der Waals surface area contributed by atoms with Crippen molar-refractivity contribution in [1.82, 2.24) is 14.5 Å². The molecule has 0 saturated carbocycles. The summed E-state index contributed by atoms with van der Waals surface area (Å²) in [6, 6.07) is 17.0. The molecule has 0 fully saturated rings. The number of ether oxygens (including phenoxy) is 2. The second-order valence-corrected chi connectivity index (χ2v) is 7.40. The van der Waals surface area contributed by atoms with Crippen molar-refractivity contribution in [3.63, 3.8) is 0 Å². The third kappa shape index (κ3) is 4.74. The molecule has 0 aliphatic carbocycles. The Morgan fingerprint density at radius 1 is 1.03 bits per heavy atom.